The zero-order valence-electron chi connectivity index (χ0n) is 10.8. The van der Waals surface area contributed by atoms with Crippen molar-refractivity contribution in [1.29, 1.82) is 0 Å². The van der Waals surface area contributed by atoms with Gasteiger partial charge in [0, 0.05) is 24.8 Å². The minimum absolute atomic E-state index is 0.170. The molecule has 0 amide bonds. The van der Waals surface area contributed by atoms with Gasteiger partial charge in [0.2, 0.25) is 0 Å². The lowest BCUT2D eigenvalue weighted by molar-refractivity contribution is 0.168. The molecule has 2 aromatic rings. The van der Waals surface area contributed by atoms with E-state index in [-0.39, 0.29) is 11.7 Å². The number of aliphatic hydroxyl groups is 1. The van der Waals surface area contributed by atoms with E-state index in [0.29, 0.717) is 24.1 Å². The highest BCUT2D eigenvalue weighted by molar-refractivity contribution is 7.98. The Bertz CT molecular complexity index is 580. The number of fused-ring (bicyclic) bond motifs is 1. The molecule has 7 heteroatoms. The number of thioether (sulfide) groups is 1. The number of aromatic amines is 2. The number of aromatic nitrogens is 3. The summed E-state index contributed by atoms with van der Waals surface area (Å²) in [4.78, 5) is 21.1. The Kier molecular flexibility index (Phi) is 5.00. The molecule has 0 fully saturated rings. The van der Waals surface area contributed by atoms with E-state index in [9.17, 15) is 9.90 Å². The maximum atomic E-state index is 11.5. The molecule has 0 aromatic carbocycles. The van der Waals surface area contributed by atoms with E-state index in [4.69, 9.17) is 0 Å². The summed E-state index contributed by atoms with van der Waals surface area (Å²) in [5, 5.41) is 12.9. The molecule has 2 aromatic heterocycles. The molecule has 2 rings (SSSR count). The van der Waals surface area contributed by atoms with Gasteiger partial charge in [-0.2, -0.15) is 11.8 Å². The number of rotatable bonds is 7. The average Bonchev–Trinajstić information content (AvgIpc) is 2.81. The molecule has 1 atom stereocenters. The molecule has 19 heavy (non-hydrogen) atoms. The van der Waals surface area contributed by atoms with Crippen molar-refractivity contribution in [2.24, 2.45) is 0 Å². The lowest BCUT2D eigenvalue weighted by atomic mass is 10.2. The van der Waals surface area contributed by atoms with Crippen LogP contribution in [0.4, 0.5) is 0 Å². The van der Waals surface area contributed by atoms with E-state index in [2.05, 4.69) is 20.3 Å². The van der Waals surface area contributed by atoms with Gasteiger partial charge in [-0.25, -0.2) is 4.98 Å². The van der Waals surface area contributed by atoms with Crippen LogP contribution in [-0.2, 0) is 6.54 Å². The van der Waals surface area contributed by atoms with Crippen molar-refractivity contribution < 1.29 is 5.11 Å². The van der Waals surface area contributed by atoms with Gasteiger partial charge in [-0.3, -0.25) is 4.79 Å². The first kappa shape index (κ1) is 14.1. The Morgan fingerprint density at radius 3 is 3.16 bits per heavy atom. The predicted molar refractivity (Wildman–Crippen MR) is 77.4 cm³/mol. The minimum atomic E-state index is -0.339. The Hall–Kier alpha value is -1.31. The molecule has 0 aliphatic heterocycles. The Morgan fingerprint density at radius 1 is 1.53 bits per heavy atom. The molecule has 2 heterocycles. The summed E-state index contributed by atoms with van der Waals surface area (Å²) in [6.07, 6.45) is 5.63. The highest BCUT2D eigenvalue weighted by Crippen LogP contribution is 2.10. The van der Waals surface area contributed by atoms with Crippen LogP contribution >= 0.6 is 11.8 Å². The molecular weight excluding hydrogens is 264 g/mol. The molecule has 4 N–H and O–H groups in total. The fourth-order valence-corrected chi connectivity index (χ4v) is 2.38. The van der Waals surface area contributed by atoms with Gasteiger partial charge >= 0.3 is 0 Å². The molecule has 6 nitrogen and oxygen atoms in total. The smallest absolute Gasteiger partial charge is 0.275 e. The minimum Gasteiger partial charge on any atom is -0.392 e. The third-order valence-corrected chi connectivity index (χ3v) is 3.54. The van der Waals surface area contributed by atoms with Crippen LogP contribution in [0.1, 0.15) is 12.0 Å². The summed E-state index contributed by atoms with van der Waals surface area (Å²) in [5.74, 6) is 0.951. The fourth-order valence-electron chi connectivity index (χ4n) is 1.87. The quantitative estimate of drug-likeness (QED) is 0.592. The number of aliphatic hydroxyl groups excluding tert-OH is 1. The normalized spacial score (nSPS) is 12.9. The number of hydrogen-bond donors (Lipinski definition) is 4. The molecule has 0 radical (unpaired) electrons. The zero-order chi connectivity index (χ0) is 13.7. The van der Waals surface area contributed by atoms with Crippen LogP contribution in [0.25, 0.3) is 11.0 Å². The number of nitrogens with zero attached hydrogens (tertiary/aromatic N) is 1. The van der Waals surface area contributed by atoms with Crippen molar-refractivity contribution in [3.05, 3.63) is 28.4 Å². The van der Waals surface area contributed by atoms with Crippen molar-refractivity contribution >= 4 is 22.8 Å². The summed E-state index contributed by atoms with van der Waals surface area (Å²) in [7, 11) is 0. The molecule has 0 saturated carbocycles. The molecule has 104 valence electrons. The van der Waals surface area contributed by atoms with Gasteiger partial charge in [-0.05, 0) is 18.4 Å². The predicted octanol–water partition coefficient (Wildman–Crippen LogP) is 0.455. The van der Waals surface area contributed by atoms with Crippen molar-refractivity contribution in [2.45, 2.75) is 19.1 Å². The lowest BCUT2D eigenvalue weighted by Crippen LogP contribution is -2.26. The van der Waals surface area contributed by atoms with E-state index in [0.717, 1.165) is 17.7 Å². The molecule has 0 saturated heterocycles. The van der Waals surface area contributed by atoms with Crippen LogP contribution in [0.2, 0.25) is 0 Å². The van der Waals surface area contributed by atoms with Crippen LogP contribution in [0.15, 0.2) is 17.3 Å². The third-order valence-electron chi connectivity index (χ3n) is 2.90. The van der Waals surface area contributed by atoms with Gasteiger partial charge in [-0.15, -0.1) is 0 Å². The highest BCUT2D eigenvalue weighted by Gasteiger charge is 2.08. The standard InChI is InChI=1S/C12H18N4O2S/c1-19-3-2-9(17)6-13-4-8-5-14-11-10(8)15-7-16-12(11)18/h5,7,9,13-14,17H,2-4,6H2,1H3,(H,15,16,18). The van der Waals surface area contributed by atoms with Crippen LogP contribution in [0.5, 0.6) is 0 Å². The summed E-state index contributed by atoms with van der Waals surface area (Å²) < 4.78 is 0. The monoisotopic (exact) mass is 282 g/mol. The van der Waals surface area contributed by atoms with E-state index in [1.807, 2.05) is 6.26 Å². The number of hydrogen-bond acceptors (Lipinski definition) is 5. The van der Waals surface area contributed by atoms with Crippen LogP contribution in [0, 0.1) is 0 Å². The Morgan fingerprint density at radius 2 is 2.37 bits per heavy atom. The van der Waals surface area contributed by atoms with Gasteiger partial charge in [0.15, 0.2) is 0 Å². The molecule has 0 spiro atoms. The molecule has 1 unspecified atom stereocenters. The Labute approximate surface area is 115 Å². The van der Waals surface area contributed by atoms with Crippen LogP contribution in [0.3, 0.4) is 0 Å². The van der Waals surface area contributed by atoms with Gasteiger partial charge < -0.3 is 20.4 Å². The molecule has 0 bridgehead atoms. The molecule has 0 aliphatic carbocycles. The maximum absolute atomic E-state index is 11.5. The third kappa shape index (κ3) is 3.59. The number of nitrogens with one attached hydrogen (secondary N) is 3. The Balaban J connectivity index is 1.92. The maximum Gasteiger partial charge on any atom is 0.275 e. The van der Waals surface area contributed by atoms with Crippen molar-refractivity contribution in [3.8, 4) is 0 Å². The topological polar surface area (TPSA) is 93.8 Å². The summed E-state index contributed by atoms with van der Waals surface area (Å²) >= 11 is 1.72. The van der Waals surface area contributed by atoms with E-state index in [1.165, 1.54) is 6.33 Å². The lowest BCUT2D eigenvalue weighted by Gasteiger charge is -2.10. The molecule has 0 aliphatic rings. The van der Waals surface area contributed by atoms with Crippen molar-refractivity contribution in [1.82, 2.24) is 20.3 Å². The van der Waals surface area contributed by atoms with Gasteiger partial charge in [0.05, 0.1) is 17.9 Å². The fraction of sp³-hybridized carbons (Fsp3) is 0.500. The van der Waals surface area contributed by atoms with Gasteiger partial charge in [0.1, 0.15) is 5.52 Å². The summed E-state index contributed by atoms with van der Waals surface area (Å²) in [6.45, 7) is 1.11. The summed E-state index contributed by atoms with van der Waals surface area (Å²) in [6, 6.07) is 0. The van der Waals surface area contributed by atoms with E-state index >= 15 is 0 Å². The SMILES string of the molecule is CSCCC(O)CNCc1c[nH]c2c(=O)[nH]cnc12. The van der Waals surface area contributed by atoms with E-state index < -0.39 is 0 Å². The van der Waals surface area contributed by atoms with E-state index in [1.54, 1.807) is 18.0 Å². The van der Waals surface area contributed by atoms with Gasteiger partial charge in [-0.1, -0.05) is 0 Å². The van der Waals surface area contributed by atoms with Gasteiger partial charge in [0.25, 0.3) is 5.56 Å². The van der Waals surface area contributed by atoms with Crippen molar-refractivity contribution in [3.63, 3.8) is 0 Å². The number of H-pyrrole nitrogens is 2. The van der Waals surface area contributed by atoms with Crippen molar-refractivity contribution in [2.75, 3.05) is 18.6 Å². The highest BCUT2D eigenvalue weighted by atomic mass is 32.2. The zero-order valence-corrected chi connectivity index (χ0v) is 11.6. The summed E-state index contributed by atoms with van der Waals surface area (Å²) in [5.41, 5.74) is 1.92. The van der Waals surface area contributed by atoms with Crippen LogP contribution < -0.4 is 10.9 Å². The largest absolute Gasteiger partial charge is 0.392 e. The average molecular weight is 282 g/mol. The second-order valence-corrected chi connectivity index (χ2v) is 5.32. The second kappa shape index (κ2) is 6.74. The first-order valence-electron chi connectivity index (χ1n) is 6.13. The molecular formula is C12H18N4O2S. The second-order valence-electron chi connectivity index (χ2n) is 4.34. The first-order valence-corrected chi connectivity index (χ1v) is 7.53. The first-order chi connectivity index (χ1) is 9.22. The van der Waals surface area contributed by atoms with Crippen LogP contribution in [-0.4, -0.2) is 44.7 Å².